The van der Waals surface area contributed by atoms with Crippen LogP contribution in [-0.2, 0) is 16.8 Å². The average molecular weight is 326 g/mol. The topological polar surface area (TPSA) is 67.9 Å². The zero-order chi connectivity index (χ0) is 15.6. The van der Waals surface area contributed by atoms with Crippen molar-refractivity contribution in [1.82, 2.24) is 9.03 Å². The summed E-state index contributed by atoms with van der Waals surface area (Å²) in [7, 11) is -3.41. The third-order valence-electron chi connectivity index (χ3n) is 4.15. The fourth-order valence-electron chi connectivity index (χ4n) is 2.69. The Morgan fingerprint density at radius 2 is 1.86 bits per heavy atom. The van der Waals surface area contributed by atoms with Gasteiger partial charge in [0.1, 0.15) is 13.2 Å². The molecule has 2 heterocycles. The van der Waals surface area contributed by atoms with E-state index in [2.05, 4.69) is 11.6 Å². The highest BCUT2D eigenvalue weighted by molar-refractivity contribution is 7.87. The molecule has 0 amide bonds. The van der Waals surface area contributed by atoms with Gasteiger partial charge in [0.15, 0.2) is 11.5 Å². The minimum atomic E-state index is -3.41. The molecular weight excluding hydrogens is 304 g/mol. The first-order valence-electron chi connectivity index (χ1n) is 7.68. The molecule has 0 aromatic heterocycles. The lowest BCUT2D eigenvalue weighted by Gasteiger charge is -2.29. The molecule has 122 valence electrons. The maximum atomic E-state index is 12.3. The average Bonchev–Trinajstić information content (AvgIpc) is 2.53. The highest BCUT2D eigenvalue weighted by atomic mass is 32.2. The first-order valence-corrected chi connectivity index (χ1v) is 9.12. The van der Waals surface area contributed by atoms with E-state index >= 15 is 0 Å². The van der Waals surface area contributed by atoms with Crippen molar-refractivity contribution in [2.24, 2.45) is 5.92 Å². The van der Waals surface area contributed by atoms with Crippen molar-refractivity contribution in [2.75, 3.05) is 26.3 Å². The van der Waals surface area contributed by atoms with Crippen molar-refractivity contribution < 1.29 is 17.9 Å². The highest BCUT2D eigenvalue weighted by Crippen LogP contribution is 2.30. The van der Waals surface area contributed by atoms with E-state index in [0.717, 1.165) is 18.4 Å². The second-order valence-corrected chi connectivity index (χ2v) is 7.64. The third kappa shape index (κ3) is 3.53. The first kappa shape index (κ1) is 15.6. The molecule has 2 aliphatic rings. The van der Waals surface area contributed by atoms with Crippen LogP contribution < -0.4 is 14.2 Å². The molecule has 0 radical (unpaired) electrons. The molecule has 1 fully saturated rings. The van der Waals surface area contributed by atoms with Gasteiger partial charge >= 0.3 is 0 Å². The van der Waals surface area contributed by atoms with Gasteiger partial charge in [-0.05, 0) is 36.5 Å². The molecular formula is C15H22N2O4S. The van der Waals surface area contributed by atoms with E-state index in [1.54, 1.807) is 0 Å². The number of ether oxygens (including phenoxy) is 2. The summed E-state index contributed by atoms with van der Waals surface area (Å²) in [5.74, 6) is 1.99. The minimum absolute atomic E-state index is 0.255. The number of piperidine rings is 1. The Morgan fingerprint density at radius 3 is 2.59 bits per heavy atom. The predicted molar refractivity (Wildman–Crippen MR) is 83.2 cm³/mol. The van der Waals surface area contributed by atoms with E-state index in [9.17, 15) is 8.42 Å². The maximum absolute atomic E-state index is 12.3. The zero-order valence-corrected chi connectivity index (χ0v) is 13.6. The van der Waals surface area contributed by atoms with Gasteiger partial charge in [-0.15, -0.1) is 0 Å². The van der Waals surface area contributed by atoms with E-state index in [1.165, 1.54) is 4.31 Å². The lowest BCUT2D eigenvalue weighted by Crippen LogP contribution is -2.44. The Labute approximate surface area is 131 Å². The molecule has 22 heavy (non-hydrogen) atoms. The molecule has 1 aromatic rings. The number of fused-ring (bicyclic) bond motifs is 1. The van der Waals surface area contributed by atoms with Crippen LogP contribution in [0.3, 0.4) is 0 Å². The Kier molecular flexibility index (Phi) is 4.56. The molecule has 2 aliphatic heterocycles. The van der Waals surface area contributed by atoms with Crippen molar-refractivity contribution in [3.63, 3.8) is 0 Å². The molecule has 3 rings (SSSR count). The van der Waals surface area contributed by atoms with Crippen LogP contribution in [0, 0.1) is 5.92 Å². The lowest BCUT2D eigenvalue weighted by atomic mass is 10.0. The number of nitrogens with zero attached hydrogens (tertiary/aromatic N) is 1. The van der Waals surface area contributed by atoms with Gasteiger partial charge < -0.3 is 9.47 Å². The first-order chi connectivity index (χ1) is 10.5. The Hall–Kier alpha value is -1.31. The van der Waals surface area contributed by atoms with Crippen LogP contribution in [0.25, 0.3) is 0 Å². The van der Waals surface area contributed by atoms with E-state index in [1.807, 2.05) is 18.2 Å². The monoisotopic (exact) mass is 326 g/mol. The van der Waals surface area contributed by atoms with Crippen LogP contribution in [0.2, 0.25) is 0 Å². The fourth-order valence-corrected chi connectivity index (χ4v) is 3.91. The Morgan fingerprint density at radius 1 is 1.18 bits per heavy atom. The van der Waals surface area contributed by atoms with Gasteiger partial charge in [0.2, 0.25) is 0 Å². The number of rotatable bonds is 4. The summed E-state index contributed by atoms with van der Waals surface area (Å²) in [5, 5.41) is 0. The molecule has 0 saturated carbocycles. The molecule has 6 nitrogen and oxygen atoms in total. The quantitative estimate of drug-likeness (QED) is 0.911. The van der Waals surface area contributed by atoms with E-state index in [4.69, 9.17) is 9.47 Å². The summed E-state index contributed by atoms with van der Waals surface area (Å²) in [6, 6.07) is 5.50. The van der Waals surface area contributed by atoms with Crippen LogP contribution in [0.4, 0.5) is 0 Å². The lowest BCUT2D eigenvalue weighted by molar-refractivity contribution is 0.171. The van der Waals surface area contributed by atoms with Crippen molar-refractivity contribution in [2.45, 2.75) is 26.3 Å². The summed E-state index contributed by atoms with van der Waals surface area (Å²) in [6.07, 6.45) is 1.84. The third-order valence-corrected chi connectivity index (χ3v) is 5.70. The fraction of sp³-hybridized carbons (Fsp3) is 0.600. The molecule has 1 aromatic carbocycles. The summed E-state index contributed by atoms with van der Waals surface area (Å²) in [5.41, 5.74) is 0.859. The molecule has 0 bridgehead atoms. The summed E-state index contributed by atoms with van der Waals surface area (Å²) in [4.78, 5) is 0. The normalized spacial score (nSPS) is 20.0. The highest BCUT2D eigenvalue weighted by Gasteiger charge is 2.26. The van der Waals surface area contributed by atoms with Gasteiger partial charge in [-0.3, -0.25) is 0 Å². The van der Waals surface area contributed by atoms with Gasteiger partial charge in [-0.25, -0.2) is 0 Å². The molecule has 0 aliphatic carbocycles. The number of nitrogens with one attached hydrogen (secondary N) is 1. The van der Waals surface area contributed by atoms with E-state index in [-0.39, 0.29) is 6.54 Å². The van der Waals surface area contributed by atoms with Crippen molar-refractivity contribution in [3.8, 4) is 11.5 Å². The number of benzene rings is 1. The summed E-state index contributed by atoms with van der Waals surface area (Å²) < 4.78 is 39.8. The van der Waals surface area contributed by atoms with Crippen LogP contribution in [-0.4, -0.2) is 39.0 Å². The second kappa shape index (κ2) is 6.44. The van der Waals surface area contributed by atoms with Crippen LogP contribution in [0.15, 0.2) is 18.2 Å². The number of hydrogen-bond donors (Lipinski definition) is 1. The van der Waals surface area contributed by atoms with E-state index < -0.39 is 10.2 Å². The van der Waals surface area contributed by atoms with Crippen LogP contribution in [0.5, 0.6) is 11.5 Å². The minimum Gasteiger partial charge on any atom is -0.486 e. The smallest absolute Gasteiger partial charge is 0.279 e. The van der Waals surface area contributed by atoms with Gasteiger partial charge in [0.05, 0.1) is 0 Å². The Balaban J connectivity index is 1.62. The molecule has 0 spiro atoms. The van der Waals surface area contributed by atoms with Crippen LogP contribution >= 0.6 is 0 Å². The van der Waals surface area contributed by atoms with Gasteiger partial charge in [-0.2, -0.15) is 17.4 Å². The molecule has 0 unspecified atom stereocenters. The van der Waals surface area contributed by atoms with Gasteiger partial charge in [0.25, 0.3) is 10.2 Å². The molecule has 1 saturated heterocycles. The standard InChI is InChI=1S/C15H22N2O4S/c1-12-4-6-17(7-5-12)22(18,19)16-11-13-2-3-14-15(10-13)21-9-8-20-14/h2-3,10,12,16H,4-9,11H2,1H3. The summed E-state index contributed by atoms with van der Waals surface area (Å²) in [6.45, 7) is 4.67. The van der Waals surface area contributed by atoms with E-state index in [0.29, 0.717) is 43.7 Å². The largest absolute Gasteiger partial charge is 0.486 e. The molecule has 0 atom stereocenters. The molecule has 7 heteroatoms. The SMILES string of the molecule is CC1CCN(S(=O)(=O)NCc2ccc3c(c2)OCCO3)CC1. The molecule has 1 N–H and O–H groups in total. The van der Waals surface area contributed by atoms with Crippen molar-refractivity contribution in [3.05, 3.63) is 23.8 Å². The van der Waals surface area contributed by atoms with Crippen molar-refractivity contribution in [1.29, 1.82) is 0 Å². The van der Waals surface area contributed by atoms with Gasteiger partial charge in [-0.1, -0.05) is 13.0 Å². The second-order valence-electron chi connectivity index (χ2n) is 5.89. The summed E-state index contributed by atoms with van der Waals surface area (Å²) >= 11 is 0. The zero-order valence-electron chi connectivity index (χ0n) is 12.7. The van der Waals surface area contributed by atoms with Crippen LogP contribution in [0.1, 0.15) is 25.3 Å². The maximum Gasteiger partial charge on any atom is 0.279 e. The van der Waals surface area contributed by atoms with Crippen molar-refractivity contribution >= 4 is 10.2 Å². The Bertz CT molecular complexity index is 624. The predicted octanol–water partition coefficient (Wildman–Crippen LogP) is 1.52. The van der Waals surface area contributed by atoms with Gasteiger partial charge in [0, 0.05) is 19.6 Å². The number of hydrogen-bond acceptors (Lipinski definition) is 4.